The van der Waals surface area contributed by atoms with Gasteiger partial charge in [-0.15, -0.1) is 21.5 Å². The number of aromatic nitrogens is 3. The van der Waals surface area contributed by atoms with Gasteiger partial charge in [0.1, 0.15) is 5.01 Å². The molecule has 0 atom stereocenters. The molecule has 0 bridgehead atoms. The van der Waals surface area contributed by atoms with Gasteiger partial charge >= 0.3 is 0 Å². The zero-order chi connectivity index (χ0) is 15.4. The summed E-state index contributed by atoms with van der Waals surface area (Å²) in [4.78, 5) is 19.2. The standard InChI is InChI=1S/C15H14N4OS2/c1-2-19(13(20)10-12-4-3-9-21-12)15-18-17-14(22-15)11-5-7-16-8-6-11/h3-9H,2,10H2,1H3. The average molecular weight is 330 g/mol. The second-order valence-electron chi connectivity index (χ2n) is 4.52. The van der Waals surface area contributed by atoms with Crippen LogP contribution in [0.25, 0.3) is 10.6 Å². The summed E-state index contributed by atoms with van der Waals surface area (Å²) < 4.78 is 0. The van der Waals surface area contributed by atoms with E-state index in [2.05, 4.69) is 15.2 Å². The van der Waals surface area contributed by atoms with Crippen molar-refractivity contribution in [3.05, 3.63) is 46.9 Å². The highest BCUT2D eigenvalue weighted by atomic mass is 32.1. The SMILES string of the molecule is CCN(C(=O)Cc1cccs1)c1nnc(-c2ccncc2)s1. The molecule has 22 heavy (non-hydrogen) atoms. The summed E-state index contributed by atoms with van der Waals surface area (Å²) >= 11 is 3.01. The molecule has 0 unspecified atom stereocenters. The van der Waals surface area contributed by atoms with Crippen LogP contribution in [-0.4, -0.2) is 27.6 Å². The summed E-state index contributed by atoms with van der Waals surface area (Å²) in [5.41, 5.74) is 0.959. The monoisotopic (exact) mass is 330 g/mol. The molecule has 0 radical (unpaired) electrons. The maximum atomic E-state index is 12.4. The third-order valence-electron chi connectivity index (χ3n) is 3.10. The lowest BCUT2D eigenvalue weighted by Crippen LogP contribution is -2.31. The van der Waals surface area contributed by atoms with Gasteiger partial charge in [-0.2, -0.15) is 0 Å². The van der Waals surface area contributed by atoms with Gasteiger partial charge in [0.15, 0.2) is 0 Å². The molecule has 3 aromatic heterocycles. The molecular weight excluding hydrogens is 316 g/mol. The topological polar surface area (TPSA) is 59.0 Å². The van der Waals surface area contributed by atoms with E-state index in [9.17, 15) is 4.79 Å². The fraction of sp³-hybridized carbons (Fsp3) is 0.200. The predicted molar refractivity (Wildman–Crippen MR) is 89.2 cm³/mol. The van der Waals surface area contributed by atoms with Gasteiger partial charge in [0, 0.05) is 29.4 Å². The van der Waals surface area contributed by atoms with Crippen molar-refractivity contribution in [3.8, 4) is 10.6 Å². The Labute approximate surface area is 136 Å². The zero-order valence-corrected chi connectivity index (χ0v) is 13.6. The molecular formula is C15H14N4OS2. The molecule has 0 aliphatic heterocycles. The van der Waals surface area contributed by atoms with Crippen LogP contribution in [0.5, 0.6) is 0 Å². The Kier molecular flexibility index (Phi) is 4.55. The highest BCUT2D eigenvalue weighted by Gasteiger charge is 2.19. The summed E-state index contributed by atoms with van der Waals surface area (Å²) in [6, 6.07) is 7.69. The van der Waals surface area contributed by atoms with Gasteiger partial charge in [-0.05, 0) is 30.5 Å². The van der Waals surface area contributed by atoms with E-state index in [4.69, 9.17) is 0 Å². The molecule has 5 nitrogen and oxygen atoms in total. The van der Waals surface area contributed by atoms with Crippen LogP contribution < -0.4 is 4.90 Å². The van der Waals surface area contributed by atoms with Gasteiger partial charge in [0.05, 0.1) is 6.42 Å². The molecule has 0 aliphatic carbocycles. The first-order valence-corrected chi connectivity index (χ1v) is 8.54. The minimum Gasteiger partial charge on any atom is -0.287 e. The van der Waals surface area contributed by atoms with Gasteiger partial charge in [-0.3, -0.25) is 14.7 Å². The highest BCUT2D eigenvalue weighted by molar-refractivity contribution is 7.18. The van der Waals surface area contributed by atoms with Crippen LogP contribution in [0.2, 0.25) is 0 Å². The van der Waals surface area contributed by atoms with Crippen molar-refractivity contribution in [2.75, 3.05) is 11.4 Å². The molecule has 0 aromatic carbocycles. The first kappa shape index (κ1) is 14.8. The normalized spacial score (nSPS) is 10.6. The van der Waals surface area contributed by atoms with E-state index < -0.39 is 0 Å². The number of carbonyl (C=O) groups is 1. The van der Waals surface area contributed by atoms with Crippen molar-refractivity contribution in [2.45, 2.75) is 13.3 Å². The van der Waals surface area contributed by atoms with Crippen LogP contribution in [0.1, 0.15) is 11.8 Å². The minimum atomic E-state index is 0.0439. The first-order chi connectivity index (χ1) is 10.8. The molecule has 0 saturated carbocycles. The van der Waals surface area contributed by atoms with E-state index in [1.54, 1.807) is 28.6 Å². The Morgan fingerprint density at radius 2 is 2.05 bits per heavy atom. The zero-order valence-electron chi connectivity index (χ0n) is 12.0. The van der Waals surface area contributed by atoms with Gasteiger partial charge < -0.3 is 0 Å². The Morgan fingerprint density at radius 1 is 1.23 bits per heavy atom. The van der Waals surface area contributed by atoms with Gasteiger partial charge in [-0.25, -0.2) is 0 Å². The summed E-state index contributed by atoms with van der Waals surface area (Å²) in [6.07, 6.45) is 3.83. The van der Waals surface area contributed by atoms with E-state index in [1.165, 1.54) is 11.3 Å². The molecule has 112 valence electrons. The van der Waals surface area contributed by atoms with Crippen LogP contribution in [0.3, 0.4) is 0 Å². The van der Waals surface area contributed by atoms with Gasteiger partial charge in [0.2, 0.25) is 11.0 Å². The Hall–Kier alpha value is -2.12. The lowest BCUT2D eigenvalue weighted by Gasteiger charge is -2.16. The lowest BCUT2D eigenvalue weighted by molar-refractivity contribution is -0.117. The molecule has 7 heteroatoms. The molecule has 0 spiro atoms. The highest BCUT2D eigenvalue weighted by Crippen LogP contribution is 2.28. The van der Waals surface area contributed by atoms with E-state index in [1.807, 2.05) is 36.6 Å². The third-order valence-corrected chi connectivity index (χ3v) is 4.97. The predicted octanol–water partition coefficient (Wildman–Crippen LogP) is 3.26. The van der Waals surface area contributed by atoms with Crippen molar-refractivity contribution in [1.29, 1.82) is 0 Å². The third kappa shape index (κ3) is 3.20. The van der Waals surface area contributed by atoms with Crippen molar-refractivity contribution in [2.24, 2.45) is 0 Å². The number of hydrogen-bond donors (Lipinski definition) is 0. The number of carbonyl (C=O) groups excluding carboxylic acids is 1. The number of rotatable bonds is 5. The first-order valence-electron chi connectivity index (χ1n) is 6.84. The summed E-state index contributed by atoms with van der Waals surface area (Å²) in [5.74, 6) is 0.0439. The Balaban J connectivity index is 1.79. The molecule has 3 aromatic rings. The fourth-order valence-corrected chi connectivity index (χ4v) is 3.64. The van der Waals surface area contributed by atoms with E-state index in [0.29, 0.717) is 18.1 Å². The molecule has 0 aliphatic rings. The molecule has 0 fully saturated rings. The molecule has 3 heterocycles. The van der Waals surface area contributed by atoms with Gasteiger partial charge in [0.25, 0.3) is 0 Å². The molecule has 0 N–H and O–H groups in total. The Morgan fingerprint density at radius 3 is 2.73 bits per heavy atom. The maximum Gasteiger partial charge on any atom is 0.234 e. The fourth-order valence-electron chi connectivity index (χ4n) is 2.01. The van der Waals surface area contributed by atoms with Crippen molar-refractivity contribution < 1.29 is 4.79 Å². The van der Waals surface area contributed by atoms with E-state index in [0.717, 1.165) is 15.4 Å². The second kappa shape index (κ2) is 6.76. The largest absolute Gasteiger partial charge is 0.287 e. The smallest absolute Gasteiger partial charge is 0.234 e. The Bertz CT molecular complexity index is 740. The molecule has 1 amide bonds. The number of thiophene rings is 1. The van der Waals surface area contributed by atoms with Crippen molar-refractivity contribution in [1.82, 2.24) is 15.2 Å². The summed E-state index contributed by atoms with van der Waals surface area (Å²) in [5, 5.41) is 11.8. The van der Waals surface area contributed by atoms with Crippen LogP contribution in [-0.2, 0) is 11.2 Å². The molecule has 3 rings (SSSR count). The minimum absolute atomic E-state index is 0.0439. The number of nitrogens with zero attached hydrogens (tertiary/aromatic N) is 4. The summed E-state index contributed by atoms with van der Waals surface area (Å²) in [6.45, 7) is 2.52. The average Bonchev–Trinajstić information content (AvgIpc) is 3.21. The summed E-state index contributed by atoms with van der Waals surface area (Å²) in [7, 11) is 0. The van der Waals surface area contributed by atoms with Crippen molar-refractivity contribution in [3.63, 3.8) is 0 Å². The van der Waals surface area contributed by atoms with E-state index in [-0.39, 0.29) is 5.91 Å². The molecule has 0 saturated heterocycles. The number of likely N-dealkylation sites (N-methyl/N-ethyl adjacent to an activating group) is 1. The number of anilines is 1. The van der Waals surface area contributed by atoms with Crippen LogP contribution in [0.4, 0.5) is 5.13 Å². The van der Waals surface area contributed by atoms with Crippen LogP contribution in [0, 0.1) is 0 Å². The van der Waals surface area contributed by atoms with Crippen molar-refractivity contribution >= 4 is 33.7 Å². The number of hydrogen-bond acceptors (Lipinski definition) is 6. The maximum absolute atomic E-state index is 12.4. The van der Waals surface area contributed by atoms with Crippen LogP contribution in [0.15, 0.2) is 42.0 Å². The van der Waals surface area contributed by atoms with E-state index >= 15 is 0 Å². The number of pyridine rings is 1. The van der Waals surface area contributed by atoms with Gasteiger partial charge in [-0.1, -0.05) is 17.4 Å². The van der Waals surface area contributed by atoms with Crippen LogP contribution >= 0.6 is 22.7 Å². The number of amides is 1. The quantitative estimate of drug-likeness (QED) is 0.720. The second-order valence-corrected chi connectivity index (χ2v) is 6.51. The lowest BCUT2D eigenvalue weighted by atomic mass is 10.3.